The molecule has 52 heavy (non-hydrogen) atoms. The first kappa shape index (κ1) is 36.7. The Morgan fingerprint density at radius 2 is 1.37 bits per heavy atom. The number of piperidine rings is 1. The third-order valence-electron chi connectivity index (χ3n) is 9.42. The number of halogens is 9. The van der Waals surface area contributed by atoms with Crippen LogP contribution >= 0.6 is 0 Å². The molecule has 278 valence electrons. The fourth-order valence-electron chi connectivity index (χ4n) is 6.71. The first-order valence-corrected chi connectivity index (χ1v) is 16.3. The fraction of sp³-hybridized carbons (Fsp3) is 0.371. The van der Waals surface area contributed by atoms with Crippen LogP contribution in [0.1, 0.15) is 35.1 Å². The minimum Gasteiger partial charge on any atom is -0.481 e. The molecule has 0 unspecified atom stereocenters. The lowest BCUT2D eigenvalue weighted by Gasteiger charge is -2.38. The lowest BCUT2D eigenvalue weighted by atomic mass is 9.95. The first-order valence-electron chi connectivity index (χ1n) is 16.3. The number of aromatic amines is 1. The molecule has 6 rings (SSSR count). The number of carboxylic acid groups (broad SMARTS) is 1. The Hall–Kier alpha value is -5.09. The summed E-state index contributed by atoms with van der Waals surface area (Å²) in [6.07, 6.45) is -10.8. The molecule has 0 radical (unpaired) electrons. The summed E-state index contributed by atoms with van der Waals surface area (Å²) < 4.78 is 126. The summed E-state index contributed by atoms with van der Waals surface area (Å²) in [4.78, 5) is 24.8. The van der Waals surface area contributed by atoms with E-state index in [9.17, 15) is 49.4 Å². The highest BCUT2D eigenvalue weighted by Crippen LogP contribution is 2.42. The Balaban J connectivity index is 1.31. The number of rotatable bonds is 8. The van der Waals surface area contributed by atoms with Gasteiger partial charge < -0.3 is 29.7 Å². The van der Waals surface area contributed by atoms with E-state index in [4.69, 9.17) is 0 Å². The smallest absolute Gasteiger partial charge is 0.418 e. The second-order valence-corrected chi connectivity index (χ2v) is 12.7. The largest absolute Gasteiger partial charge is 0.481 e. The number of aromatic nitrogens is 2. The van der Waals surface area contributed by atoms with Crippen molar-refractivity contribution < 1.29 is 49.4 Å². The monoisotopic (exact) mass is 740 g/mol. The van der Waals surface area contributed by atoms with Gasteiger partial charge in [0, 0.05) is 74.4 Å². The molecule has 0 aliphatic carbocycles. The van der Waals surface area contributed by atoms with E-state index in [0.29, 0.717) is 11.4 Å². The molecule has 2 aliphatic rings. The van der Waals surface area contributed by atoms with Crippen LogP contribution in [-0.4, -0.2) is 60.3 Å². The Morgan fingerprint density at radius 3 is 1.96 bits per heavy atom. The average molecular weight is 741 g/mol. The highest BCUT2D eigenvalue weighted by molar-refractivity contribution is 5.71. The molecule has 3 aromatic carbocycles. The van der Waals surface area contributed by atoms with Gasteiger partial charge in [-0.25, -0.2) is 4.98 Å². The predicted octanol–water partition coefficient (Wildman–Crippen LogP) is 8.43. The quantitative estimate of drug-likeness (QED) is 0.176. The highest BCUT2D eigenvalue weighted by Gasteiger charge is 2.38. The van der Waals surface area contributed by atoms with E-state index in [1.165, 1.54) is 52.5 Å². The summed E-state index contributed by atoms with van der Waals surface area (Å²) in [5.74, 6) is -1.49. The van der Waals surface area contributed by atoms with E-state index in [-0.39, 0.29) is 81.5 Å². The van der Waals surface area contributed by atoms with Gasteiger partial charge in [-0.15, -0.1) is 0 Å². The number of H-pyrrole nitrogens is 1. The van der Waals surface area contributed by atoms with Crippen LogP contribution in [0.25, 0.3) is 0 Å². The molecule has 2 fully saturated rings. The predicted molar refractivity (Wildman–Crippen MR) is 176 cm³/mol. The summed E-state index contributed by atoms with van der Waals surface area (Å²) in [7, 11) is 0. The normalized spacial score (nSPS) is 16.4. The number of carboxylic acids is 1. The second-order valence-electron chi connectivity index (χ2n) is 12.7. The molecule has 0 atom stereocenters. The Kier molecular flexibility index (Phi) is 9.98. The highest BCUT2D eigenvalue weighted by atomic mass is 19.4. The zero-order chi connectivity index (χ0) is 37.4. The van der Waals surface area contributed by atoms with Gasteiger partial charge in [0.15, 0.2) is 0 Å². The van der Waals surface area contributed by atoms with E-state index in [2.05, 4.69) is 9.97 Å². The first-order chi connectivity index (χ1) is 24.5. The number of benzene rings is 3. The van der Waals surface area contributed by atoms with Crippen LogP contribution in [0.2, 0.25) is 0 Å². The summed E-state index contributed by atoms with van der Waals surface area (Å²) in [5, 5.41) is 9.42. The fourth-order valence-corrected chi connectivity index (χ4v) is 6.71. The third kappa shape index (κ3) is 8.02. The summed E-state index contributed by atoms with van der Waals surface area (Å²) in [6.45, 7) is 0.646. The van der Waals surface area contributed by atoms with E-state index in [1.54, 1.807) is 9.80 Å². The van der Waals surface area contributed by atoms with E-state index < -0.39 is 47.1 Å². The Labute approximate surface area is 292 Å². The van der Waals surface area contributed by atoms with Crippen LogP contribution in [-0.2, 0) is 29.9 Å². The molecule has 4 aromatic rings. The van der Waals surface area contributed by atoms with Gasteiger partial charge in [0.25, 0.3) is 0 Å². The molecular weight excluding hydrogens is 707 g/mol. The van der Waals surface area contributed by atoms with Crippen LogP contribution in [0.4, 0.5) is 68.2 Å². The molecule has 2 N–H and O–H groups in total. The van der Waals surface area contributed by atoms with Crippen molar-refractivity contribution in [1.82, 2.24) is 9.97 Å². The number of nitrogens with one attached hydrogen (secondary N) is 1. The van der Waals surface area contributed by atoms with Crippen LogP contribution in [0, 0.1) is 5.92 Å². The molecule has 17 heteroatoms. The maximum atomic E-state index is 14.7. The average Bonchev–Trinajstić information content (AvgIpc) is 3.64. The van der Waals surface area contributed by atoms with Gasteiger partial charge in [-0.3, -0.25) is 4.79 Å². The van der Waals surface area contributed by atoms with Gasteiger partial charge in [0.1, 0.15) is 0 Å². The SMILES string of the molecule is O=C(O)C1CCN(c2ccc(C(F)(F)F)cc2CN(c2ccc(N3CCN(c4cccc(C(F)(F)F)c4)CC3)c(C(F)(F)F)c2)c2ncc[nH]2)CC1. The van der Waals surface area contributed by atoms with Crippen molar-refractivity contribution in [3.8, 4) is 0 Å². The van der Waals surface area contributed by atoms with E-state index in [0.717, 1.165) is 30.3 Å². The van der Waals surface area contributed by atoms with Gasteiger partial charge >= 0.3 is 24.5 Å². The van der Waals surface area contributed by atoms with Gasteiger partial charge in [0.05, 0.1) is 29.2 Å². The molecule has 2 saturated heterocycles. The molecule has 1 aromatic heterocycles. The third-order valence-corrected chi connectivity index (χ3v) is 9.42. The van der Waals surface area contributed by atoms with Gasteiger partial charge in [-0.2, -0.15) is 39.5 Å². The van der Waals surface area contributed by atoms with Gasteiger partial charge in [0.2, 0.25) is 5.95 Å². The molecule has 0 amide bonds. The Bertz CT molecular complexity index is 1860. The van der Waals surface area contributed by atoms with Crippen molar-refractivity contribution in [2.75, 3.05) is 58.9 Å². The maximum absolute atomic E-state index is 14.7. The van der Waals surface area contributed by atoms with Crippen molar-refractivity contribution in [2.45, 2.75) is 37.9 Å². The lowest BCUT2D eigenvalue weighted by molar-refractivity contribution is -0.142. The van der Waals surface area contributed by atoms with Crippen molar-refractivity contribution in [3.05, 3.63) is 95.3 Å². The number of anilines is 5. The zero-order valence-corrected chi connectivity index (χ0v) is 27.4. The molecular formula is C35H33F9N6O2. The number of hydrogen-bond donors (Lipinski definition) is 2. The van der Waals surface area contributed by atoms with Gasteiger partial charge in [-0.1, -0.05) is 6.07 Å². The molecule has 0 saturated carbocycles. The second kappa shape index (κ2) is 14.1. The number of hydrogen-bond acceptors (Lipinski definition) is 6. The number of carbonyl (C=O) groups is 1. The number of alkyl halides is 9. The van der Waals surface area contributed by atoms with Crippen molar-refractivity contribution in [1.29, 1.82) is 0 Å². The summed E-state index contributed by atoms with van der Waals surface area (Å²) >= 11 is 0. The lowest BCUT2D eigenvalue weighted by Crippen LogP contribution is -2.47. The minimum atomic E-state index is -4.85. The minimum absolute atomic E-state index is 0.0124. The number of nitrogens with zero attached hydrogens (tertiary/aromatic N) is 5. The molecule has 3 heterocycles. The summed E-state index contributed by atoms with van der Waals surface area (Å²) in [6, 6.07) is 11.5. The maximum Gasteiger partial charge on any atom is 0.418 e. The number of imidazole rings is 1. The topological polar surface area (TPSA) is 78.9 Å². The van der Waals surface area contributed by atoms with Crippen LogP contribution in [0.5, 0.6) is 0 Å². The Morgan fingerprint density at radius 1 is 0.750 bits per heavy atom. The van der Waals surface area contributed by atoms with E-state index in [1.807, 2.05) is 0 Å². The molecule has 0 spiro atoms. The van der Waals surface area contributed by atoms with E-state index >= 15 is 0 Å². The van der Waals surface area contributed by atoms with Crippen molar-refractivity contribution in [3.63, 3.8) is 0 Å². The van der Waals surface area contributed by atoms with Crippen molar-refractivity contribution in [2.24, 2.45) is 5.92 Å². The molecule has 2 aliphatic heterocycles. The molecule has 8 nitrogen and oxygen atoms in total. The number of piperazine rings is 1. The van der Waals surface area contributed by atoms with Crippen LogP contribution in [0.3, 0.4) is 0 Å². The molecule has 0 bridgehead atoms. The summed E-state index contributed by atoms with van der Waals surface area (Å²) in [5.41, 5.74) is -2.13. The standard InChI is InChI=1S/C35H33F9N6O2/c36-33(37,38)24-2-1-3-26(19-24)47-14-16-49(17-15-47)30-7-5-27(20-28(30)35(42,43)44)50(32-45-10-11-46-32)21-23-18-25(34(39,40)41)4-6-29(23)48-12-8-22(9-13-48)31(51)52/h1-7,10-11,18-20,22H,8-9,12-17,21H2,(H,45,46)(H,51,52). The van der Waals surface area contributed by atoms with Crippen LogP contribution in [0.15, 0.2) is 73.1 Å². The van der Waals surface area contributed by atoms with Crippen LogP contribution < -0.4 is 19.6 Å². The zero-order valence-electron chi connectivity index (χ0n) is 27.4. The van der Waals surface area contributed by atoms with Crippen molar-refractivity contribution >= 4 is 34.7 Å². The van der Waals surface area contributed by atoms with Gasteiger partial charge in [-0.05, 0) is 73.0 Å². The number of aliphatic carboxylic acids is 1.